The van der Waals surface area contributed by atoms with Gasteiger partial charge in [0.25, 0.3) is 0 Å². The van der Waals surface area contributed by atoms with Gasteiger partial charge >= 0.3 is 0 Å². The van der Waals surface area contributed by atoms with Gasteiger partial charge in [0, 0.05) is 5.56 Å². The number of carbonyl (C=O) groups is 1. The molecule has 0 radical (unpaired) electrons. The number of ketones is 1. The van der Waals surface area contributed by atoms with Crippen LogP contribution in [-0.2, 0) is 0 Å². The Hall–Kier alpha value is -3.26. The Morgan fingerprint density at radius 2 is 1.76 bits per heavy atom. The minimum absolute atomic E-state index is 0.200. The van der Waals surface area contributed by atoms with Crippen molar-refractivity contribution in [1.82, 2.24) is 0 Å². The van der Waals surface area contributed by atoms with Crippen LogP contribution in [0.3, 0.4) is 0 Å². The maximum atomic E-state index is 12.1. The Bertz CT molecular complexity index is 744. The fourth-order valence-corrected chi connectivity index (χ4v) is 1.63. The lowest BCUT2D eigenvalue weighted by molar-refractivity contribution is 0.102. The van der Waals surface area contributed by atoms with Gasteiger partial charge in [0.05, 0.1) is 5.56 Å². The molecule has 0 heterocycles. The van der Waals surface area contributed by atoms with Crippen molar-refractivity contribution in [2.24, 2.45) is 10.2 Å². The third-order valence-corrected chi connectivity index (χ3v) is 2.68. The summed E-state index contributed by atoms with van der Waals surface area (Å²) in [5, 5.41) is 25.7. The minimum atomic E-state index is -0.448. The maximum absolute atomic E-state index is 12.1. The molecule has 0 aliphatic carbocycles. The summed E-state index contributed by atoms with van der Waals surface area (Å²) in [4.78, 5) is 12.1. The molecule has 0 saturated heterocycles. The molecule has 2 rings (SSSR count). The van der Waals surface area contributed by atoms with Crippen LogP contribution >= 0.6 is 0 Å². The zero-order valence-corrected chi connectivity index (χ0v) is 11.0. The van der Waals surface area contributed by atoms with Gasteiger partial charge < -0.3 is 5.11 Å². The quantitative estimate of drug-likeness (QED) is 0.397. The highest BCUT2D eigenvalue weighted by Crippen LogP contribution is 2.19. The van der Waals surface area contributed by atoms with Crippen molar-refractivity contribution in [2.45, 2.75) is 0 Å². The molecule has 0 bridgehead atoms. The number of hydrogen-bond acceptors (Lipinski definition) is 5. The molecule has 2 aromatic carbocycles. The number of aliphatic hydroxyl groups is 1. The first-order valence-corrected chi connectivity index (χ1v) is 6.11. The molecule has 102 valence electrons. The zero-order valence-electron chi connectivity index (χ0n) is 11.0. The third-order valence-electron chi connectivity index (χ3n) is 2.68. The number of nitriles is 1. The van der Waals surface area contributed by atoms with Gasteiger partial charge in [-0.2, -0.15) is 5.26 Å². The van der Waals surface area contributed by atoms with Crippen molar-refractivity contribution < 1.29 is 9.90 Å². The highest BCUT2D eigenvalue weighted by atomic mass is 16.2. The molecule has 0 atom stereocenters. The summed E-state index contributed by atoms with van der Waals surface area (Å²) in [5.41, 5.74) is 0.866. The first kappa shape index (κ1) is 14.2. The molecule has 5 heteroatoms. The van der Waals surface area contributed by atoms with Gasteiger partial charge in [0.1, 0.15) is 18.0 Å². The Morgan fingerprint density at radius 1 is 1.10 bits per heavy atom. The Balaban J connectivity index is 2.27. The lowest BCUT2D eigenvalue weighted by atomic mass is 10.1. The van der Waals surface area contributed by atoms with E-state index in [-0.39, 0.29) is 5.70 Å². The lowest BCUT2D eigenvalue weighted by Crippen LogP contribution is -2.01. The van der Waals surface area contributed by atoms with E-state index in [1.165, 1.54) is 0 Å². The standard InChI is InChI=1S/C16H11N3O2/c17-10-13-8-4-5-9-14(13)18-19-15(11-20)16(21)12-6-2-1-3-7-12/h1-9,11,20H. The SMILES string of the molecule is N#Cc1ccccc1N=NC(=CO)C(=O)c1ccccc1. The highest BCUT2D eigenvalue weighted by molar-refractivity contribution is 6.08. The highest BCUT2D eigenvalue weighted by Gasteiger charge is 2.12. The van der Waals surface area contributed by atoms with Crippen LogP contribution in [0.5, 0.6) is 0 Å². The van der Waals surface area contributed by atoms with Crippen LogP contribution in [-0.4, -0.2) is 10.9 Å². The van der Waals surface area contributed by atoms with Gasteiger partial charge in [-0.3, -0.25) is 4.79 Å². The Morgan fingerprint density at radius 3 is 2.43 bits per heavy atom. The lowest BCUT2D eigenvalue weighted by Gasteiger charge is -1.99. The molecule has 0 aromatic heterocycles. The van der Waals surface area contributed by atoms with E-state index < -0.39 is 5.78 Å². The smallest absolute Gasteiger partial charge is 0.216 e. The molecule has 0 saturated carbocycles. The molecule has 21 heavy (non-hydrogen) atoms. The van der Waals surface area contributed by atoms with Crippen LogP contribution in [0.4, 0.5) is 5.69 Å². The second-order valence-corrected chi connectivity index (χ2v) is 4.04. The van der Waals surface area contributed by atoms with E-state index in [2.05, 4.69) is 10.2 Å². The zero-order chi connectivity index (χ0) is 15.1. The van der Waals surface area contributed by atoms with E-state index in [9.17, 15) is 4.79 Å². The average Bonchev–Trinajstić information content (AvgIpc) is 2.56. The number of Topliss-reactive ketones (excluding diaryl/α,β-unsaturated/α-hetero) is 1. The van der Waals surface area contributed by atoms with Crippen LogP contribution in [0.2, 0.25) is 0 Å². The number of azo groups is 1. The van der Waals surface area contributed by atoms with Gasteiger partial charge in [-0.25, -0.2) is 0 Å². The molecule has 5 nitrogen and oxygen atoms in total. The summed E-state index contributed by atoms with van der Waals surface area (Å²) >= 11 is 0. The van der Waals surface area contributed by atoms with Crippen LogP contribution in [0.1, 0.15) is 15.9 Å². The van der Waals surface area contributed by atoms with Crippen molar-refractivity contribution in [3.05, 3.63) is 77.7 Å². The van der Waals surface area contributed by atoms with Crippen molar-refractivity contribution in [3.63, 3.8) is 0 Å². The minimum Gasteiger partial charge on any atom is -0.513 e. The number of benzene rings is 2. The normalized spacial score (nSPS) is 11.3. The first-order chi connectivity index (χ1) is 10.3. The van der Waals surface area contributed by atoms with Gasteiger partial charge in [-0.05, 0) is 12.1 Å². The summed E-state index contributed by atoms with van der Waals surface area (Å²) < 4.78 is 0. The summed E-state index contributed by atoms with van der Waals surface area (Å²) in [6.45, 7) is 0. The van der Waals surface area contributed by atoms with E-state index in [4.69, 9.17) is 10.4 Å². The number of hydrogen-bond donors (Lipinski definition) is 1. The van der Waals surface area contributed by atoms with Crippen molar-refractivity contribution in [3.8, 4) is 6.07 Å². The summed E-state index contributed by atoms with van der Waals surface area (Å²) in [7, 11) is 0. The second-order valence-electron chi connectivity index (χ2n) is 4.04. The molecule has 0 amide bonds. The third kappa shape index (κ3) is 3.39. The molecule has 0 aliphatic rings. The van der Waals surface area contributed by atoms with Gasteiger partial charge in [0.2, 0.25) is 5.78 Å². The molecule has 0 aliphatic heterocycles. The predicted molar refractivity (Wildman–Crippen MR) is 77.2 cm³/mol. The van der Waals surface area contributed by atoms with E-state index >= 15 is 0 Å². The fourth-order valence-electron chi connectivity index (χ4n) is 1.63. The van der Waals surface area contributed by atoms with Crippen LogP contribution < -0.4 is 0 Å². The van der Waals surface area contributed by atoms with Gasteiger partial charge in [-0.1, -0.05) is 42.5 Å². The van der Waals surface area contributed by atoms with E-state index in [1.807, 2.05) is 6.07 Å². The van der Waals surface area contributed by atoms with E-state index in [0.717, 1.165) is 0 Å². The molecular weight excluding hydrogens is 266 g/mol. The number of nitrogens with zero attached hydrogens (tertiary/aromatic N) is 3. The molecule has 0 unspecified atom stereocenters. The van der Waals surface area contributed by atoms with Crippen molar-refractivity contribution in [1.29, 1.82) is 5.26 Å². The largest absolute Gasteiger partial charge is 0.513 e. The summed E-state index contributed by atoms with van der Waals surface area (Å²) in [5.74, 6) is -0.448. The average molecular weight is 277 g/mol. The number of aliphatic hydroxyl groups excluding tert-OH is 1. The molecule has 0 spiro atoms. The summed E-state index contributed by atoms with van der Waals surface area (Å²) in [6, 6.07) is 17.0. The van der Waals surface area contributed by atoms with Crippen molar-refractivity contribution in [2.75, 3.05) is 0 Å². The number of rotatable bonds is 4. The van der Waals surface area contributed by atoms with E-state index in [1.54, 1.807) is 54.6 Å². The first-order valence-electron chi connectivity index (χ1n) is 6.11. The monoisotopic (exact) mass is 277 g/mol. The Kier molecular flexibility index (Phi) is 4.57. The second kappa shape index (κ2) is 6.78. The van der Waals surface area contributed by atoms with Gasteiger partial charge in [-0.15, -0.1) is 10.2 Å². The predicted octanol–water partition coefficient (Wildman–Crippen LogP) is 3.92. The molecule has 1 N–H and O–H groups in total. The van der Waals surface area contributed by atoms with Crippen molar-refractivity contribution >= 4 is 11.5 Å². The van der Waals surface area contributed by atoms with Crippen LogP contribution in [0.15, 0.2) is 76.8 Å². The fraction of sp³-hybridized carbons (Fsp3) is 0. The number of carbonyl (C=O) groups excluding carboxylic acids is 1. The van der Waals surface area contributed by atoms with Gasteiger partial charge in [0.15, 0.2) is 5.70 Å². The van der Waals surface area contributed by atoms with Crippen LogP contribution in [0.25, 0.3) is 0 Å². The summed E-state index contributed by atoms with van der Waals surface area (Å²) in [6.07, 6.45) is 0.605. The van der Waals surface area contributed by atoms with E-state index in [0.29, 0.717) is 23.1 Å². The molecular formula is C16H11N3O2. The van der Waals surface area contributed by atoms with Crippen LogP contribution in [0, 0.1) is 11.3 Å². The topological polar surface area (TPSA) is 85.8 Å². The maximum Gasteiger partial charge on any atom is 0.216 e. The Labute approximate surface area is 121 Å². The number of allylic oxidation sites excluding steroid dienone is 1. The molecule has 2 aromatic rings. The molecule has 0 fully saturated rings.